The van der Waals surface area contributed by atoms with Crippen molar-refractivity contribution in [3.63, 3.8) is 0 Å². The number of hydrogen-bond acceptors (Lipinski definition) is 5. The van der Waals surface area contributed by atoms with Crippen LogP contribution in [0.15, 0.2) is 10.7 Å². The number of hydrogen-bond donors (Lipinski definition) is 0. The minimum atomic E-state index is -3.06. The lowest BCUT2D eigenvalue weighted by Gasteiger charge is -2.08. The van der Waals surface area contributed by atoms with Gasteiger partial charge in [-0.15, -0.1) is 0 Å². The number of rotatable bonds is 5. The molecule has 6 nitrogen and oxygen atoms in total. The molecule has 0 unspecified atom stereocenters. The van der Waals surface area contributed by atoms with Gasteiger partial charge in [-0.25, -0.2) is 8.78 Å². The highest BCUT2D eigenvalue weighted by atomic mass is 79.9. The zero-order valence-electron chi connectivity index (χ0n) is 9.73. The van der Waals surface area contributed by atoms with E-state index in [0.717, 1.165) is 0 Å². The Labute approximate surface area is 115 Å². The fraction of sp³-hybridized carbons (Fsp3) is 0.400. The van der Waals surface area contributed by atoms with Crippen LogP contribution in [0.5, 0.6) is 0 Å². The van der Waals surface area contributed by atoms with Crippen LogP contribution in [0, 0.1) is 10.1 Å². The summed E-state index contributed by atoms with van der Waals surface area (Å²) in [6, 6.07) is 0. The lowest BCUT2D eigenvalue weighted by molar-refractivity contribution is -0.386. The number of nitrogens with zero attached hydrogens (tertiary/aromatic N) is 2. The summed E-state index contributed by atoms with van der Waals surface area (Å²) < 4.78 is 30.1. The van der Waals surface area contributed by atoms with Gasteiger partial charge in [0.15, 0.2) is 0 Å². The summed E-state index contributed by atoms with van der Waals surface area (Å²) in [6.07, 6.45) is -2.69. The summed E-state index contributed by atoms with van der Waals surface area (Å²) >= 11 is 2.83. The maximum Gasteiger partial charge on any atom is 0.311 e. The van der Waals surface area contributed by atoms with Crippen LogP contribution in [-0.2, 0) is 16.0 Å². The van der Waals surface area contributed by atoms with E-state index < -0.39 is 28.6 Å². The number of nitro groups is 1. The second kappa shape index (κ2) is 6.50. The normalized spacial score (nSPS) is 10.6. The number of ether oxygens (including phenoxy) is 1. The first kappa shape index (κ1) is 15.4. The molecule has 104 valence electrons. The molecule has 0 fully saturated rings. The molecule has 1 aromatic heterocycles. The van der Waals surface area contributed by atoms with E-state index in [1.807, 2.05) is 0 Å². The van der Waals surface area contributed by atoms with Gasteiger partial charge in [0.25, 0.3) is 12.1 Å². The maximum atomic E-state index is 12.8. The third kappa shape index (κ3) is 3.66. The quantitative estimate of drug-likeness (QED) is 0.468. The van der Waals surface area contributed by atoms with Gasteiger partial charge in [-0.3, -0.25) is 19.9 Å². The number of halogens is 3. The molecule has 1 heterocycles. The smallest absolute Gasteiger partial charge is 0.311 e. The second-order valence-corrected chi connectivity index (χ2v) is 4.15. The highest BCUT2D eigenvalue weighted by molar-refractivity contribution is 9.10. The van der Waals surface area contributed by atoms with Crippen molar-refractivity contribution in [2.24, 2.45) is 0 Å². The van der Waals surface area contributed by atoms with Gasteiger partial charge in [0.05, 0.1) is 28.1 Å². The van der Waals surface area contributed by atoms with Gasteiger partial charge < -0.3 is 4.74 Å². The molecule has 0 N–H and O–H groups in total. The molecule has 0 atom stereocenters. The molecule has 0 spiro atoms. The average molecular weight is 339 g/mol. The van der Waals surface area contributed by atoms with Crippen molar-refractivity contribution >= 4 is 27.6 Å². The predicted molar refractivity (Wildman–Crippen MR) is 63.9 cm³/mol. The molecule has 0 aliphatic carbocycles. The zero-order chi connectivity index (χ0) is 14.6. The van der Waals surface area contributed by atoms with Crippen LogP contribution in [0.25, 0.3) is 0 Å². The number of carbonyl (C=O) groups excluding carboxylic acids is 1. The van der Waals surface area contributed by atoms with Crippen molar-refractivity contribution < 1.29 is 23.2 Å². The minimum absolute atomic E-state index is 0.0284. The Morgan fingerprint density at radius 3 is 2.74 bits per heavy atom. The van der Waals surface area contributed by atoms with Gasteiger partial charge in [-0.05, 0) is 22.9 Å². The Bertz CT molecular complexity index is 511. The Hall–Kier alpha value is -1.64. The van der Waals surface area contributed by atoms with Crippen molar-refractivity contribution in [1.82, 2.24) is 4.98 Å². The topological polar surface area (TPSA) is 82.3 Å². The highest BCUT2D eigenvalue weighted by Gasteiger charge is 2.28. The Balaban J connectivity index is 3.20. The van der Waals surface area contributed by atoms with Crippen LogP contribution in [0.4, 0.5) is 14.5 Å². The molecule has 0 aliphatic rings. The summed E-state index contributed by atoms with van der Waals surface area (Å²) in [5, 5.41) is 10.6. The number of carbonyl (C=O) groups is 1. The molecule has 1 aromatic rings. The summed E-state index contributed by atoms with van der Waals surface area (Å²) in [5.74, 6) is -0.648. The third-order valence-electron chi connectivity index (χ3n) is 2.14. The van der Waals surface area contributed by atoms with E-state index >= 15 is 0 Å². The largest absolute Gasteiger partial charge is 0.466 e. The molecule has 0 aliphatic heterocycles. The first-order chi connectivity index (χ1) is 8.88. The van der Waals surface area contributed by atoms with Gasteiger partial charge in [0.2, 0.25) is 0 Å². The summed E-state index contributed by atoms with van der Waals surface area (Å²) in [5.41, 5.74) is -1.62. The highest BCUT2D eigenvalue weighted by Crippen LogP contribution is 2.36. The molecule has 0 aromatic carbocycles. The van der Waals surface area contributed by atoms with E-state index in [1.165, 1.54) is 0 Å². The fourth-order valence-corrected chi connectivity index (χ4v) is 1.98. The maximum absolute atomic E-state index is 12.8. The molecule has 9 heteroatoms. The molecule has 0 radical (unpaired) electrons. The van der Waals surface area contributed by atoms with Crippen LogP contribution >= 0.6 is 15.9 Å². The predicted octanol–water partition coefficient (Wildman–Crippen LogP) is 2.80. The number of pyridine rings is 1. The van der Waals surface area contributed by atoms with Crippen molar-refractivity contribution in [2.45, 2.75) is 19.8 Å². The summed E-state index contributed by atoms with van der Waals surface area (Å²) in [4.78, 5) is 24.6. The third-order valence-corrected chi connectivity index (χ3v) is 3.03. The van der Waals surface area contributed by atoms with E-state index in [1.54, 1.807) is 6.92 Å². The Kier molecular flexibility index (Phi) is 5.28. The Morgan fingerprint density at radius 2 is 2.26 bits per heavy atom. The van der Waals surface area contributed by atoms with Gasteiger partial charge in [-0.2, -0.15) is 0 Å². The first-order valence-electron chi connectivity index (χ1n) is 5.13. The number of esters is 1. The molecule has 0 amide bonds. The lowest BCUT2D eigenvalue weighted by atomic mass is 10.1. The summed E-state index contributed by atoms with van der Waals surface area (Å²) in [6.45, 7) is 1.74. The van der Waals surface area contributed by atoms with Gasteiger partial charge in [0, 0.05) is 0 Å². The van der Waals surface area contributed by atoms with E-state index in [-0.39, 0.29) is 23.2 Å². The van der Waals surface area contributed by atoms with Crippen molar-refractivity contribution in [3.05, 3.63) is 32.0 Å². The second-order valence-electron chi connectivity index (χ2n) is 3.36. The summed E-state index contributed by atoms with van der Waals surface area (Å²) in [7, 11) is 0. The van der Waals surface area contributed by atoms with Gasteiger partial charge in [-0.1, -0.05) is 0 Å². The molecule has 0 saturated heterocycles. The van der Waals surface area contributed by atoms with Crippen molar-refractivity contribution in [2.75, 3.05) is 6.61 Å². The average Bonchev–Trinajstić information content (AvgIpc) is 2.30. The van der Waals surface area contributed by atoms with Crippen LogP contribution in [0.3, 0.4) is 0 Å². The van der Waals surface area contributed by atoms with Crippen molar-refractivity contribution in [3.8, 4) is 0 Å². The number of aromatic nitrogens is 1. The van der Waals surface area contributed by atoms with E-state index in [0.29, 0.717) is 6.20 Å². The van der Waals surface area contributed by atoms with Gasteiger partial charge in [0.1, 0.15) is 11.8 Å². The minimum Gasteiger partial charge on any atom is -0.466 e. The van der Waals surface area contributed by atoms with Crippen LogP contribution < -0.4 is 0 Å². The molecule has 1 rings (SSSR count). The zero-order valence-corrected chi connectivity index (χ0v) is 11.3. The van der Waals surface area contributed by atoms with E-state index in [4.69, 9.17) is 0 Å². The molecular formula is C10H9BrF2N2O4. The standard InChI is InChI=1S/C10H9BrF2N2O4/c1-2-19-7(16)3-5-9(11)8(10(12)13)6(4-14-5)15(17)18/h4,10H,2-3H2,1H3. The van der Waals surface area contributed by atoms with Crippen LogP contribution in [0.1, 0.15) is 24.6 Å². The first-order valence-corrected chi connectivity index (χ1v) is 5.93. The van der Waals surface area contributed by atoms with Crippen LogP contribution in [0.2, 0.25) is 0 Å². The van der Waals surface area contributed by atoms with E-state index in [9.17, 15) is 23.7 Å². The van der Waals surface area contributed by atoms with E-state index in [2.05, 4.69) is 25.7 Å². The lowest BCUT2D eigenvalue weighted by Crippen LogP contribution is -2.11. The van der Waals surface area contributed by atoms with Crippen molar-refractivity contribution in [1.29, 1.82) is 0 Å². The molecular weight excluding hydrogens is 330 g/mol. The molecule has 0 bridgehead atoms. The molecule has 0 saturated carbocycles. The monoisotopic (exact) mass is 338 g/mol. The fourth-order valence-electron chi connectivity index (χ4n) is 1.36. The Morgan fingerprint density at radius 1 is 1.63 bits per heavy atom. The number of alkyl halides is 2. The van der Waals surface area contributed by atoms with Gasteiger partial charge >= 0.3 is 5.97 Å². The van der Waals surface area contributed by atoms with Crippen LogP contribution in [-0.4, -0.2) is 22.5 Å². The SMILES string of the molecule is CCOC(=O)Cc1ncc([N+](=O)[O-])c(C(F)F)c1Br. The molecule has 19 heavy (non-hydrogen) atoms.